The third-order valence-corrected chi connectivity index (χ3v) is 6.83. The molecule has 1 amide bonds. The molecule has 2 bridgehead atoms. The average molecular weight is 427 g/mol. The number of rotatable bonds is 3. The SMILES string of the molecule is O=C(c1ccc(-c2ccc(Cl)c(Cl)c2)cc1)N1C2CCC1CC(n1nccn1)C2. The van der Waals surface area contributed by atoms with Crippen molar-refractivity contribution in [3.05, 3.63) is 70.5 Å². The number of carbonyl (C=O) groups is 1. The summed E-state index contributed by atoms with van der Waals surface area (Å²) in [4.78, 5) is 17.1. The second kappa shape index (κ2) is 7.47. The van der Waals surface area contributed by atoms with Crippen molar-refractivity contribution in [2.75, 3.05) is 0 Å². The zero-order valence-electron chi connectivity index (χ0n) is 15.7. The molecule has 0 spiro atoms. The van der Waals surface area contributed by atoms with E-state index in [0.29, 0.717) is 10.0 Å². The van der Waals surface area contributed by atoms with E-state index in [4.69, 9.17) is 23.2 Å². The van der Waals surface area contributed by atoms with E-state index in [9.17, 15) is 4.79 Å². The van der Waals surface area contributed by atoms with Crippen molar-refractivity contribution in [2.24, 2.45) is 0 Å². The van der Waals surface area contributed by atoms with Crippen molar-refractivity contribution in [3.63, 3.8) is 0 Å². The Bertz CT molecular complexity index is 1020. The van der Waals surface area contributed by atoms with Gasteiger partial charge in [0.2, 0.25) is 0 Å². The summed E-state index contributed by atoms with van der Waals surface area (Å²) in [6, 6.07) is 14.1. The maximum Gasteiger partial charge on any atom is 0.254 e. The maximum absolute atomic E-state index is 13.2. The number of amides is 1. The van der Waals surface area contributed by atoms with Gasteiger partial charge in [0.05, 0.1) is 28.5 Å². The molecule has 5 rings (SSSR count). The minimum Gasteiger partial charge on any atom is -0.333 e. The van der Waals surface area contributed by atoms with Gasteiger partial charge < -0.3 is 4.90 Å². The molecule has 0 radical (unpaired) electrons. The summed E-state index contributed by atoms with van der Waals surface area (Å²) in [5, 5.41) is 9.66. The van der Waals surface area contributed by atoms with Gasteiger partial charge in [0.25, 0.3) is 5.91 Å². The van der Waals surface area contributed by atoms with Crippen LogP contribution in [0.1, 0.15) is 42.1 Å². The maximum atomic E-state index is 13.2. The third kappa shape index (κ3) is 3.43. The fraction of sp³-hybridized carbons (Fsp3) is 0.318. The number of halogens is 2. The van der Waals surface area contributed by atoms with Crippen LogP contribution in [-0.2, 0) is 0 Å². The summed E-state index contributed by atoms with van der Waals surface area (Å²) in [6.07, 6.45) is 7.37. The van der Waals surface area contributed by atoms with Gasteiger partial charge in [0, 0.05) is 17.6 Å². The van der Waals surface area contributed by atoms with Crippen LogP contribution >= 0.6 is 23.2 Å². The van der Waals surface area contributed by atoms with Crippen LogP contribution in [0.4, 0.5) is 0 Å². The first-order valence-electron chi connectivity index (χ1n) is 9.84. The van der Waals surface area contributed by atoms with Crippen LogP contribution in [0, 0.1) is 0 Å². The first kappa shape index (κ1) is 18.6. The number of hydrogen-bond donors (Lipinski definition) is 0. The van der Waals surface area contributed by atoms with E-state index in [1.807, 2.05) is 36.4 Å². The summed E-state index contributed by atoms with van der Waals surface area (Å²) in [5.74, 6) is 0.116. The summed E-state index contributed by atoms with van der Waals surface area (Å²) in [7, 11) is 0. The fourth-order valence-electron chi connectivity index (χ4n) is 4.71. The molecular formula is C22H20Cl2N4O. The standard InChI is InChI=1S/C22H20Cl2N4O/c23-20-8-5-16(11-21(20)24)14-1-3-15(4-2-14)22(29)27-17-6-7-18(27)13-19(12-17)28-25-9-10-26-28/h1-5,8-11,17-19H,6-7,12-13H2. The van der Waals surface area contributed by atoms with Gasteiger partial charge in [-0.25, -0.2) is 0 Å². The zero-order valence-corrected chi connectivity index (χ0v) is 17.2. The second-order valence-corrected chi connectivity index (χ2v) is 8.59. The van der Waals surface area contributed by atoms with Crippen LogP contribution in [-0.4, -0.2) is 37.9 Å². The molecule has 2 saturated heterocycles. The molecule has 2 unspecified atom stereocenters. The lowest BCUT2D eigenvalue weighted by molar-refractivity contribution is 0.0512. The molecule has 5 nitrogen and oxygen atoms in total. The molecule has 2 fully saturated rings. The van der Waals surface area contributed by atoms with Crippen LogP contribution in [0.3, 0.4) is 0 Å². The molecule has 2 aromatic carbocycles. The molecule has 0 saturated carbocycles. The Balaban J connectivity index is 1.34. The van der Waals surface area contributed by atoms with Gasteiger partial charge in [-0.2, -0.15) is 15.0 Å². The summed E-state index contributed by atoms with van der Waals surface area (Å²) < 4.78 is 0. The first-order valence-corrected chi connectivity index (χ1v) is 10.6. The van der Waals surface area contributed by atoms with Crippen molar-refractivity contribution in [2.45, 2.75) is 43.8 Å². The minimum absolute atomic E-state index is 0.116. The molecule has 0 aliphatic carbocycles. The number of fused-ring (bicyclic) bond motifs is 2. The Morgan fingerprint density at radius 3 is 2.07 bits per heavy atom. The molecular weight excluding hydrogens is 407 g/mol. The first-order chi connectivity index (χ1) is 14.1. The second-order valence-electron chi connectivity index (χ2n) is 7.78. The highest BCUT2D eigenvalue weighted by molar-refractivity contribution is 6.42. The van der Waals surface area contributed by atoms with E-state index in [1.165, 1.54) is 0 Å². The van der Waals surface area contributed by atoms with E-state index in [1.54, 1.807) is 23.3 Å². The van der Waals surface area contributed by atoms with Crippen LogP contribution in [0.15, 0.2) is 54.9 Å². The summed E-state index contributed by atoms with van der Waals surface area (Å²) in [5.41, 5.74) is 2.71. The van der Waals surface area contributed by atoms with Crippen molar-refractivity contribution < 1.29 is 4.79 Å². The number of benzene rings is 2. The molecule has 7 heteroatoms. The molecule has 0 N–H and O–H groups in total. The highest BCUT2D eigenvalue weighted by atomic mass is 35.5. The lowest BCUT2D eigenvalue weighted by atomic mass is 9.96. The quantitative estimate of drug-likeness (QED) is 0.573. The Morgan fingerprint density at radius 1 is 0.828 bits per heavy atom. The highest BCUT2D eigenvalue weighted by Crippen LogP contribution is 2.41. The van der Waals surface area contributed by atoms with Gasteiger partial charge >= 0.3 is 0 Å². The predicted octanol–water partition coefficient (Wildman–Crippen LogP) is 5.26. The van der Waals surface area contributed by atoms with Gasteiger partial charge in [0.15, 0.2) is 0 Å². The van der Waals surface area contributed by atoms with Gasteiger partial charge in [-0.05, 0) is 61.1 Å². The summed E-state index contributed by atoms with van der Waals surface area (Å²) in [6.45, 7) is 0. The van der Waals surface area contributed by atoms with Gasteiger partial charge in [-0.1, -0.05) is 41.4 Å². The Morgan fingerprint density at radius 2 is 1.45 bits per heavy atom. The number of hydrogen-bond acceptors (Lipinski definition) is 3. The molecule has 1 aromatic heterocycles. The molecule has 29 heavy (non-hydrogen) atoms. The topological polar surface area (TPSA) is 51.0 Å². The predicted molar refractivity (Wildman–Crippen MR) is 113 cm³/mol. The van der Waals surface area contributed by atoms with Crippen LogP contribution in [0.25, 0.3) is 11.1 Å². The van der Waals surface area contributed by atoms with E-state index < -0.39 is 0 Å². The third-order valence-electron chi connectivity index (χ3n) is 6.09. The number of nitrogens with zero attached hydrogens (tertiary/aromatic N) is 4. The van der Waals surface area contributed by atoms with E-state index in [0.717, 1.165) is 42.4 Å². The van der Waals surface area contributed by atoms with Crippen molar-refractivity contribution in [3.8, 4) is 11.1 Å². The lowest BCUT2D eigenvalue weighted by Gasteiger charge is -2.38. The van der Waals surface area contributed by atoms with Crippen molar-refractivity contribution in [1.82, 2.24) is 19.9 Å². The van der Waals surface area contributed by atoms with Crippen LogP contribution in [0.5, 0.6) is 0 Å². The zero-order chi connectivity index (χ0) is 20.0. The molecule has 2 atom stereocenters. The number of piperidine rings is 1. The van der Waals surface area contributed by atoms with Gasteiger partial charge in [-0.15, -0.1) is 0 Å². The number of aromatic nitrogens is 3. The fourth-order valence-corrected chi connectivity index (χ4v) is 5.01. The normalized spacial score (nSPS) is 23.4. The smallest absolute Gasteiger partial charge is 0.254 e. The largest absolute Gasteiger partial charge is 0.333 e. The molecule has 3 aromatic rings. The Kier molecular flexibility index (Phi) is 4.80. The van der Waals surface area contributed by atoms with Gasteiger partial charge in [0.1, 0.15) is 0 Å². The number of carbonyl (C=O) groups excluding carboxylic acids is 1. The molecule has 148 valence electrons. The minimum atomic E-state index is 0.116. The van der Waals surface area contributed by atoms with Crippen LogP contribution in [0.2, 0.25) is 10.0 Å². The average Bonchev–Trinajstić information content (AvgIpc) is 3.36. The van der Waals surface area contributed by atoms with Gasteiger partial charge in [-0.3, -0.25) is 4.79 Å². The van der Waals surface area contributed by atoms with Crippen molar-refractivity contribution >= 4 is 29.1 Å². The van der Waals surface area contributed by atoms with Crippen molar-refractivity contribution in [1.29, 1.82) is 0 Å². The molecule has 2 aliphatic rings. The lowest BCUT2D eigenvalue weighted by Crippen LogP contribution is -2.47. The van der Waals surface area contributed by atoms with E-state index in [-0.39, 0.29) is 24.0 Å². The van der Waals surface area contributed by atoms with E-state index >= 15 is 0 Å². The highest BCUT2D eigenvalue weighted by Gasteiger charge is 2.44. The van der Waals surface area contributed by atoms with E-state index in [2.05, 4.69) is 15.1 Å². The molecule has 2 aliphatic heterocycles. The molecule has 3 heterocycles. The van der Waals surface area contributed by atoms with Crippen LogP contribution < -0.4 is 0 Å². The Hall–Kier alpha value is -2.37. The Labute approximate surface area is 179 Å². The monoisotopic (exact) mass is 426 g/mol. The summed E-state index contributed by atoms with van der Waals surface area (Å²) >= 11 is 12.1.